The predicted octanol–water partition coefficient (Wildman–Crippen LogP) is 4.83. The fourth-order valence-electron chi connectivity index (χ4n) is 3.09. The third-order valence-electron chi connectivity index (χ3n) is 4.38. The van der Waals surface area contributed by atoms with Crippen molar-refractivity contribution in [3.63, 3.8) is 0 Å². The predicted molar refractivity (Wildman–Crippen MR) is 86.8 cm³/mol. The number of benzene rings is 2. The number of hydrogen-bond donors (Lipinski definition) is 1. The molecule has 0 bridgehead atoms. The Bertz CT molecular complexity index is 634. The smallest absolute Gasteiger partial charge is 0.416 e. The molecule has 1 N–H and O–H groups in total. The number of hydrogen-bond acceptors (Lipinski definition) is 2. The summed E-state index contributed by atoms with van der Waals surface area (Å²) in [5.74, 6) is 1.02. The first-order chi connectivity index (χ1) is 11.5. The molecular weight excluding hydrogens is 315 g/mol. The van der Waals surface area contributed by atoms with E-state index >= 15 is 0 Å². The fourth-order valence-corrected chi connectivity index (χ4v) is 3.09. The molecule has 2 aromatic rings. The van der Waals surface area contributed by atoms with E-state index in [2.05, 4.69) is 5.32 Å². The SMILES string of the molecule is FC(F)(F)c1ccc(C(Oc2ccccc2)C2CCNCC2)cc1. The molecule has 1 saturated heterocycles. The Hall–Kier alpha value is -2.01. The summed E-state index contributed by atoms with van der Waals surface area (Å²) in [4.78, 5) is 0. The van der Waals surface area contributed by atoms with Gasteiger partial charge < -0.3 is 10.1 Å². The average molecular weight is 335 g/mol. The van der Waals surface area contributed by atoms with E-state index in [4.69, 9.17) is 4.74 Å². The second-order valence-electron chi connectivity index (χ2n) is 6.06. The highest BCUT2D eigenvalue weighted by atomic mass is 19.4. The summed E-state index contributed by atoms with van der Waals surface area (Å²) in [6.07, 6.45) is -2.67. The summed E-state index contributed by atoms with van der Waals surface area (Å²) in [7, 11) is 0. The number of alkyl halides is 3. The lowest BCUT2D eigenvalue weighted by Gasteiger charge is -2.31. The molecule has 2 aromatic carbocycles. The Labute approximate surface area is 139 Å². The van der Waals surface area contributed by atoms with Crippen molar-refractivity contribution in [3.8, 4) is 5.75 Å². The second-order valence-corrected chi connectivity index (χ2v) is 6.06. The van der Waals surface area contributed by atoms with E-state index in [0.29, 0.717) is 0 Å². The first-order valence-electron chi connectivity index (χ1n) is 8.13. The molecule has 0 aromatic heterocycles. The molecule has 3 rings (SSSR count). The van der Waals surface area contributed by atoms with E-state index in [0.717, 1.165) is 49.4 Å². The van der Waals surface area contributed by atoms with Crippen LogP contribution in [-0.2, 0) is 6.18 Å². The number of rotatable bonds is 4. The zero-order chi connectivity index (χ0) is 17.0. The maximum absolute atomic E-state index is 12.8. The zero-order valence-corrected chi connectivity index (χ0v) is 13.2. The summed E-state index contributed by atoms with van der Waals surface area (Å²) in [5.41, 5.74) is 0.161. The highest BCUT2D eigenvalue weighted by Crippen LogP contribution is 2.35. The highest BCUT2D eigenvalue weighted by molar-refractivity contribution is 5.29. The number of nitrogens with one attached hydrogen (secondary N) is 1. The zero-order valence-electron chi connectivity index (χ0n) is 13.2. The molecule has 0 aliphatic carbocycles. The molecule has 1 aliphatic rings. The molecule has 2 nitrogen and oxygen atoms in total. The standard InChI is InChI=1S/C19H20F3NO/c20-19(21,22)16-8-6-14(7-9-16)18(15-10-12-23-13-11-15)24-17-4-2-1-3-5-17/h1-9,15,18,23H,10-13H2. The van der Waals surface area contributed by atoms with E-state index in [9.17, 15) is 13.2 Å². The molecule has 1 aliphatic heterocycles. The highest BCUT2D eigenvalue weighted by Gasteiger charge is 2.31. The largest absolute Gasteiger partial charge is 0.485 e. The Balaban J connectivity index is 1.85. The first-order valence-corrected chi connectivity index (χ1v) is 8.13. The molecule has 0 spiro atoms. The van der Waals surface area contributed by atoms with E-state index in [1.165, 1.54) is 0 Å². The van der Waals surface area contributed by atoms with Crippen LogP contribution in [0.3, 0.4) is 0 Å². The van der Waals surface area contributed by atoms with Crippen LogP contribution in [0.25, 0.3) is 0 Å². The van der Waals surface area contributed by atoms with Crippen LogP contribution in [-0.4, -0.2) is 13.1 Å². The normalized spacial score (nSPS) is 17.5. The van der Waals surface area contributed by atoms with E-state index in [1.54, 1.807) is 12.1 Å². The molecule has 1 fully saturated rings. The van der Waals surface area contributed by atoms with Crippen LogP contribution in [0.15, 0.2) is 54.6 Å². The van der Waals surface area contributed by atoms with Crippen LogP contribution in [0.4, 0.5) is 13.2 Å². The van der Waals surface area contributed by atoms with Crippen LogP contribution in [0, 0.1) is 5.92 Å². The van der Waals surface area contributed by atoms with Crippen molar-refractivity contribution in [1.82, 2.24) is 5.32 Å². The minimum absolute atomic E-state index is 0.239. The number of piperidine rings is 1. The number of halogens is 3. The molecule has 1 heterocycles. The lowest BCUT2D eigenvalue weighted by atomic mass is 9.87. The Morgan fingerprint density at radius 3 is 2.12 bits per heavy atom. The number of ether oxygens (including phenoxy) is 1. The van der Waals surface area contributed by atoms with Crippen LogP contribution < -0.4 is 10.1 Å². The summed E-state index contributed by atoms with van der Waals surface area (Å²) in [6.45, 7) is 1.81. The first kappa shape index (κ1) is 16.8. The van der Waals surface area contributed by atoms with Crippen molar-refractivity contribution in [1.29, 1.82) is 0 Å². The Morgan fingerprint density at radius 2 is 1.54 bits per heavy atom. The van der Waals surface area contributed by atoms with Crippen molar-refractivity contribution >= 4 is 0 Å². The molecule has 128 valence electrons. The Kier molecular flexibility index (Phi) is 5.09. The van der Waals surface area contributed by atoms with Gasteiger partial charge in [-0.05, 0) is 55.8 Å². The maximum atomic E-state index is 12.8. The van der Waals surface area contributed by atoms with Crippen LogP contribution >= 0.6 is 0 Å². The van der Waals surface area contributed by atoms with Gasteiger partial charge in [0, 0.05) is 5.92 Å². The fraction of sp³-hybridized carbons (Fsp3) is 0.368. The second kappa shape index (κ2) is 7.26. The van der Waals surface area contributed by atoms with Crippen molar-refractivity contribution in [2.45, 2.75) is 25.1 Å². The average Bonchev–Trinajstić information content (AvgIpc) is 2.61. The van der Waals surface area contributed by atoms with Gasteiger partial charge in [0.15, 0.2) is 0 Å². The van der Waals surface area contributed by atoms with Gasteiger partial charge in [0.1, 0.15) is 11.9 Å². The summed E-state index contributed by atoms with van der Waals surface area (Å²) < 4.78 is 44.5. The van der Waals surface area contributed by atoms with Crippen LogP contribution in [0.2, 0.25) is 0 Å². The lowest BCUT2D eigenvalue weighted by molar-refractivity contribution is -0.137. The quantitative estimate of drug-likeness (QED) is 0.864. The van der Waals surface area contributed by atoms with Crippen molar-refractivity contribution in [2.75, 3.05) is 13.1 Å². The van der Waals surface area contributed by atoms with Gasteiger partial charge in [-0.1, -0.05) is 30.3 Å². The van der Waals surface area contributed by atoms with Crippen LogP contribution in [0.5, 0.6) is 5.75 Å². The molecule has 5 heteroatoms. The van der Waals surface area contributed by atoms with Gasteiger partial charge in [-0.15, -0.1) is 0 Å². The van der Waals surface area contributed by atoms with Crippen LogP contribution in [0.1, 0.15) is 30.1 Å². The molecule has 24 heavy (non-hydrogen) atoms. The van der Waals surface area contributed by atoms with Gasteiger partial charge in [-0.25, -0.2) is 0 Å². The lowest BCUT2D eigenvalue weighted by Crippen LogP contribution is -2.32. The van der Waals surface area contributed by atoms with Crippen molar-refractivity contribution < 1.29 is 17.9 Å². The maximum Gasteiger partial charge on any atom is 0.416 e. The van der Waals surface area contributed by atoms with Gasteiger partial charge in [0.25, 0.3) is 0 Å². The van der Waals surface area contributed by atoms with Crippen molar-refractivity contribution in [2.24, 2.45) is 5.92 Å². The summed E-state index contributed by atoms with van der Waals surface area (Å²) in [6, 6.07) is 14.8. The van der Waals surface area contributed by atoms with Crippen molar-refractivity contribution in [3.05, 3.63) is 65.7 Å². The summed E-state index contributed by atoms with van der Waals surface area (Å²) in [5, 5.41) is 3.31. The van der Waals surface area contributed by atoms with Gasteiger partial charge in [0.2, 0.25) is 0 Å². The van der Waals surface area contributed by atoms with Gasteiger partial charge >= 0.3 is 6.18 Å². The number of para-hydroxylation sites is 1. The monoisotopic (exact) mass is 335 g/mol. The van der Waals surface area contributed by atoms with E-state index in [-0.39, 0.29) is 12.0 Å². The third-order valence-corrected chi connectivity index (χ3v) is 4.38. The van der Waals surface area contributed by atoms with E-state index in [1.807, 2.05) is 30.3 Å². The minimum Gasteiger partial charge on any atom is -0.485 e. The molecular formula is C19H20F3NO. The third kappa shape index (κ3) is 4.09. The molecule has 0 radical (unpaired) electrons. The van der Waals surface area contributed by atoms with Gasteiger partial charge in [-0.2, -0.15) is 13.2 Å². The topological polar surface area (TPSA) is 21.3 Å². The van der Waals surface area contributed by atoms with E-state index < -0.39 is 11.7 Å². The molecule has 0 amide bonds. The molecule has 0 saturated carbocycles. The van der Waals surface area contributed by atoms with Gasteiger partial charge in [-0.3, -0.25) is 0 Å². The molecule has 1 unspecified atom stereocenters. The Morgan fingerprint density at radius 1 is 0.917 bits per heavy atom. The molecule has 1 atom stereocenters. The van der Waals surface area contributed by atoms with Gasteiger partial charge in [0.05, 0.1) is 5.56 Å². The minimum atomic E-state index is -4.32. The summed E-state index contributed by atoms with van der Waals surface area (Å²) >= 11 is 0.